The lowest BCUT2D eigenvalue weighted by Gasteiger charge is -2.09. The van der Waals surface area contributed by atoms with Crippen LogP contribution in [0.15, 0.2) is 53.5 Å². The van der Waals surface area contributed by atoms with Crippen LogP contribution in [0.1, 0.15) is 30.1 Å². The van der Waals surface area contributed by atoms with E-state index in [9.17, 15) is 4.79 Å². The first-order valence-electron chi connectivity index (χ1n) is 7.87. The minimum atomic E-state index is -0.308. The summed E-state index contributed by atoms with van der Waals surface area (Å²) in [5, 5.41) is 10.3. The molecular weight excluding hydrogens is 306 g/mol. The number of anilines is 1. The Morgan fingerprint density at radius 1 is 1.29 bits per heavy atom. The fraction of sp³-hybridized carbons (Fsp3) is 0.235. The number of para-hydroxylation sites is 1. The Balaban J connectivity index is 1.52. The van der Waals surface area contributed by atoms with Gasteiger partial charge in [0.15, 0.2) is 6.39 Å². The quantitative estimate of drug-likeness (QED) is 0.755. The molecule has 0 bridgehead atoms. The lowest BCUT2D eigenvalue weighted by molar-refractivity contribution is 0.251. The summed E-state index contributed by atoms with van der Waals surface area (Å²) in [5.41, 5.74) is 2.60. The third kappa shape index (κ3) is 3.15. The predicted octanol–water partition coefficient (Wildman–Crippen LogP) is 3.06. The van der Waals surface area contributed by atoms with Gasteiger partial charge in [-0.1, -0.05) is 18.2 Å². The maximum absolute atomic E-state index is 12.2. The van der Waals surface area contributed by atoms with Crippen molar-refractivity contribution >= 4 is 11.8 Å². The summed E-state index contributed by atoms with van der Waals surface area (Å²) >= 11 is 0. The molecule has 1 aromatic carbocycles. The van der Waals surface area contributed by atoms with Gasteiger partial charge in [0.25, 0.3) is 0 Å². The molecule has 1 saturated carbocycles. The molecule has 1 aliphatic rings. The maximum Gasteiger partial charge on any atom is 0.320 e. The minimum absolute atomic E-state index is 0.303. The fourth-order valence-electron chi connectivity index (χ4n) is 2.49. The van der Waals surface area contributed by atoms with E-state index in [4.69, 9.17) is 4.42 Å². The number of hydrogen-bond acceptors (Lipinski definition) is 4. The zero-order valence-corrected chi connectivity index (χ0v) is 13.0. The monoisotopic (exact) mass is 323 g/mol. The predicted molar refractivity (Wildman–Crippen MR) is 87.9 cm³/mol. The molecule has 1 fully saturated rings. The highest BCUT2D eigenvalue weighted by atomic mass is 16.3. The second-order valence-electron chi connectivity index (χ2n) is 5.76. The van der Waals surface area contributed by atoms with Gasteiger partial charge < -0.3 is 9.73 Å². The number of oxazole rings is 1. The number of amides is 2. The van der Waals surface area contributed by atoms with Gasteiger partial charge >= 0.3 is 6.03 Å². The van der Waals surface area contributed by atoms with Crippen molar-refractivity contribution in [1.29, 1.82) is 0 Å². The summed E-state index contributed by atoms with van der Waals surface area (Å²) in [7, 11) is 0. The molecule has 3 aromatic rings. The SMILES string of the molecule is O=C(NCc1cocn1)Nc1cc(C2CC2)nn1-c1ccccc1. The summed E-state index contributed by atoms with van der Waals surface area (Å²) in [6.07, 6.45) is 5.15. The normalized spacial score (nSPS) is 13.7. The second-order valence-corrected chi connectivity index (χ2v) is 5.76. The number of nitrogens with one attached hydrogen (secondary N) is 2. The van der Waals surface area contributed by atoms with Crippen molar-refractivity contribution in [2.24, 2.45) is 0 Å². The topological polar surface area (TPSA) is 85.0 Å². The first kappa shape index (κ1) is 14.5. The van der Waals surface area contributed by atoms with Gasteiger partial charge in [-0.3, -0.25) is 5.32 Å². The van der Waals surface area contributed by atoms with Crippen LogP contribution >= 0.6 is 0 Å². The van der Waals surface area contributed by atoms with E-state index in [1.807, 2.05) is 36.4 Å². The van der Waals surface area contributed by atoms with Crippen molar-refractivity contribution in [3.05, 3.63) is 60.4 Å². The van der Waals surface area contributed by atoms with Gasteiger partial charge in [0, 0.05) is 12.0 Å². The summed E-state index contributed by atoms with van der Waals surface area (Å²) in [5.74, 6) is 1.16. The highest BCUT2D eigenvalue weighted by Crippen LogP contribution is 2.40. The Kier molecular flexibility index (Phi) is 3.74. The maximum atomic E-state index is 12.2. The Labute approximate surface area is 138 Å². The van der Waals surface area contributed by atoms with Crippen LogP contribution in [0.2, 0.25) is 0 Å². The van der Waals surface area contributed by atoms with Crippen molar-refractivity contribution in [2.45, 2.75) is 25.3 Å². The number of carbonyl (C=O) groups is 1. The summed E-state index contributed by atoms with van der Waals surface area (Å²) in [6.45, 7) is 0.303. The van der Waals surface area contributed by atoms with Crippen LogP contribution in [0.25, 0.3) is 5.69 Å². The summed E-state index contributed by atoms with van der Waals surface area (Å²) < 4.78 is 6.65. The largest absolute Gasteiger partial charge is 0.451 e. The van der Waals surface area contributed by atoms with E-state index in [2.05, 4.69) is 20.7 Å². The van der Waals surface area contributed by atoms with E-state index in [-0.39, 0.29) is 6.03 Å². The standard InChI is InChI=1S/C17H17N5O2/c23-17(18-9-13-10-24-11-19-13)20-16-8-15(12-6-7-12)21-22(16)14-4-2-1-3-5-14/h1-5,8,10-12H,6-7,9H2,(H2,18,20,23). The smallest absolute Gasteiger partial charge is 0.320 e. The van der Waals surface area contributed by atoms with E-state index in [0.717, 1.165) is 24.2 Å². The van der Waals surface area contributed by atoms with Crippen LogP contribution in [0.4, 0.5) is 10.6 Å². The fourth-order valence-corrected chi connectivity index (χ4v) is 2.49. The van der Waals surface area contributed by atoms with E-state index in [0.29, 0.717) is 24.0 Å². The number of nitrogens with zero attached hydrogens (tertiary/aromatic N) is 3. The Morgan fingerprint density at radius 3 is 2.83 bits per heavy atom. The zero-order valence-electron chi connectivity index (χ0n) is 13.0. The molecule has 0 saturated heterocycles. The van der Waals surface area contributed by atoms with E-state index < -0.39 is 0 Å². The summed E-state index contributed by atoms with van der Waals surface area (Å²) in [4.78, 5) is 16.1. The highest BCUT2D eigenvalue weighted by molar-refractivity contribution is 5.88. The van der Waals surface area contributed by atoms with Crippen LogP contribution in [-0.4, -0.2) is 20.8 Å². The molecule has 2 N–H and O–H groups in total. The van der Waals surface area contributed by atoms with Crippen molar-refractivity contribution in [2.75, 3.05) is 5.32 Å². The first-order valence-corrected chi connectivity index (χ1v) is 7.87. The van der Waals surface area contributed by atoms with Crippen LogP contribution < -0.4 is 10.6 Å². The molecule has 2 heterocycles. The van der Waals surface area contributed by atoms with Crippen molar-refractivity contribution < 1.29 is 9.21 Å². The van der Waals surface area contributed by atoms with Gasteiger partial charge in [-0.15, -0.1) is 0 Å². The number of benzene rings is 1. The molecule has 2 aromatic heterocycles. The number of rotatable bonds is 5. The second kappa shape index (κ2) is 6.19. The minimum Gasteiger partial charge on any atom is -0.451 e. The van der Waals surface area contributed by atoms with Gasteiger partial charge in [0.1, 0.15) is 12.1 Å². The van der Waals surface area contributed by atoms with Gasteiger partial charge in [0.05, 0.1) is 23.6 Å². The van der Waals surface area contributed by atoms with Crippen molar-refractivity contribution in [3.63, 3.8) is 0 Å². The molecule has 0 unspecified atom stereocenters. The number of carbonyl (C=O) groups excluding carboxylic acids is 1. The third-order valence-electron chi connectivity index (χ3n) is 3.88. The molecule has 4 rings (SSSR count). The van der Waals surface area contributed by atoms with Crippen LogP contribution in [0, 0.1) is 0 Å². The molecule has 0 spiro atoms. The van der Waals surface area contributed by atoms with E-state index >= 15 is 0 Å². The number of urea groups is 1. The van der Waals surface area contributed by atoms with Crippen LogP contribution in [0.5, 0.6) is 0 Å². The molecule has 7 nitrogen and oxygen atoms in total. The third-order valence-corrected chi connectivity index (χ3v) is 3.88. The lowest BCUT2D eigenvalue weighted by Crippen LogP contribution is -2.29. The number of hydrogen-bond donors (Lipinski definition) is 2. The Bertz CT molecular complexity index is 822. The Hall–Kier alpha value is -3.09. The molecule has 0 atom stereocenters. The molecular formula is C17H17N5O2. The lowest BCUT2D eigenvalue weighted by atomic mass is 10.3. The number of aromatic nitrogens is 3. The van der Waals surface area contributed by atoms with E-state index in [1.165, 1.54) is 12.7 Å². The van der Waals surface area contributed by atoms with Gasteiger partial charge in [-0.25, -0.2) is 14.5 Å². The molecule has 7 heteroatoms. The van der Waals surface area contributed by atoms with Crippen molar-refractivity contribution in [3.8, 4) is 5.69 Å². The molecule has 122 valence electrons. The average Bonchev–Trinajstić information content (AvgIpc) is 3.17. The van der Waals surface area contributed by atoms with Crippen LogP contribution in [-0.2, 0) is 6.54 Å². The molecule has 0 radical (unpaired) electrons. The van der Waals surface area contributed by atoms with Crippen LogP contribution in [0.3, 0.4) is 0 Å². The summed E-state index contributed by atoms with van der Waals surface area (Å²) in [6, 6.07) is 11.4. The molecule has 0 aliphatic heterocycles. The van der Waals surface area contributed by atoms with Gasteiger partial charge in [-0.05, 0) is 25.0 Å². The van der Waals surface area contributed by atoms with Gasteiger partial charge in [-0.2, -0.15) is 5.10 Å². The average molecular weight is 323 g/mol. The Morgan fingerprint density at radius 2 is 2.12 bits per heavy atom. The molecule has 1 aliphatic carbocycles. The van der Waals surface area contributed by atoms with Crippen molar-refractivity contribution in [1.82, 2.24) is 20.1 Å². The zero-order chi connectivity index (χ0) is 16.4. The van der Waals surface area contributed by atoms with Gasteiger partial charge in [0.2, 0.25) is 0 Å². The van der Waals surface area contributed by atoms with E-state index in [1.54, 1.807) is 4.68 Å². The highest BCUT2D eigenvalue weighted by Gasteiger charge is 2.28. The molecule has 2 amide bonds. The first-order chi connectivity index (χ1) is 11.8. The molecule has 24 heavy (non-hydrogen) atoms.